The van der Waals surface area contributed by atoms with Gasteiger partial charge in [-0.1, -0.05) is 42.5 Å². The van der Waals surface area contributed by atoms with Crippen LogP contribution in [0.4, 0.5) is 10.5 Å². The number of rotatable bonds is 7. The molecule has 0 spiro atoms. The molecule has 2 aromatic carbocycles. The van der Waals surface area contributed by atoms with Crippen LogP contribution in [0, 0.1) is 0 Å². The topological polar surface area (TPSA) is 70.6 Å². The molecule has 2 aromatic rings. The van der Waals surface area contributed by atoms with Gasteiger partial charge in [-0.15, -0.1) is 0 Å². The first-order valence-corrected chi connectivity index (χ1v) is 8.39. The SMILES string of the molecule is CC(C)OCc1cccc(NC(=O)N[C@@](C)(CO)c2ccccc2)c1. The van der Waals surface area contributed by atoms with Crippen molar-refractivity contribution in [1.29, 1.82) is 0 Å². The Morgan fingerprint density at radius 3 is 2.52 bits per heavy atom. The molecule has 0 unspecified atom stereocenters. The maximum absolute atomic E-state index is 12.4. The van der Waals surface area contributed by atoms with E-state index in [1.54, 1.807) is 6.92 Å². The molecule has 0 heterocycles. The molecule has 134 valence electrons. The second kappa shape index (κ2) is 8.65. The fourth-order valence-corrected chi connectivity index (χ4v) is 2.42. The normalized spacial score (nSPS) is 13.3. The van der Waals surface area contributed by atoms with Crippen LogP contribution in [0.15, 0.2) is 54.6 Å². The van der Waals surface area contributed by atoms with E-state index in [1.165, 1.54) is 0 Å². The highest BCUT2D eigenvalue weighted by Gasteiger charge is 2.27. The van der Waals surface area contributed by atoms with E-state index < -0.39 is 5.54 Å². The summed E-state index contributed by atoms with van der Waals surface area (Å²) < 4.78 is 5.58. The molecule has 0 fully saturated rings. The van der Waals surface area contributed by atoms with Crippen LogP contribution >= 0.6 is 0 Å². The van der Waals surface area contributed by atoms with Gasteiger partial charge in [0.25, 0.3) is 0 Å². The van der Waals surface area contributed by atoms with Crippen LogP contribution in [0.25, 0.3) is 0 Å². The highest BCUT2D eigenvalue weighted by molar-refractivity contribution is 5.90. The molecule has 0 saturated heterocycles. The van der Waals surface area contributed by atoms with Gasteiger partial charge in [0.2, 0.25) is 0 Å². The largest absolute Gasteiger partial charge is 0.394 e. The summed E-state index contributed by atoms with van der Waals surface area (Å²) in [5.41, 5.74) is 1.64. The first-order valence-electron chi connectivity index (χ1n) is 8.39. The Morgan fingerprint density at radius 2 is 1.88 bits per heavy atom. The molecule has 0 saturated carbocycles. The van der Waals surface area contributed by atoms with Gasteiger partial charge >= 0.3 is 6.03 Å². The Hall–Kier alpha value is -2.37. The fourth-order valence-electron chi connectivity index (χ4n) is 2.42. The van der Waals surface area contributed by atoms with Crippen LogP contribution in [-0.2, 0) is 16.9 Å². The molecule has 25 heavy (non-hydrogen) atoms. The number of anilines is 1. The van der Waals surface area contributed by atoms with Gasteiger partial charge in [0, 0.05) is 5.69 Å². The van der Waals surface area contributed by atoms with E-state index in [0.717, 1.165) is 11.1 Å². The lowest BCUT2D eigenvalue weighted by Gasteiger charge is -2.29. The summed E-state index contributed by atoms with van der Waals surface area (Å²) in [4.78, 5) is 12.4. The quantitative estimate of drug-likeness (QED) is 0.719. The zero-order valence-electron chi connectivity index (χ0n) is 15.0. The van der Waals surface area contributed by atoms with Gasteiger partial charge in [0.1, 0.15) is 0 Å². The fraction of sp³-hybridized carbons (Fsp3) is 0.350. The van der Waals surface area contributed by atoms with Gasteiger partial charge < -0.3 is 20.5 Å². The van der Waals surface area contributed by atoms with Gasteiger partial charge in [-0.2, -0.15) is 0 Å². The summed E-state index contributed by atoms with van der Waals surface area (Å²) >= 11 is 0. The smallest absolute Gasteiger partial charge is 0.320 e. The Kier molecular flexibility index (Phi) is 6.56. The summed E-state index contributed by atoms with van der Waals surface area (Å²) in [7, 11) is 0. The molecule has 0 aliphatic rings. The number of amides is 2. The minimum atomic E-state index is -0.857. The lowest BCUT2D eigenvalue weighted by molar-refractivity contribution is 0.0657. The first kappa shape index (κ1) is 19.0. The number of carbonyl (C=O) groups is 1. The van der Waals surface area contributed by atoms with E-state index in [0.29, 0.717) is 12.3 Å². The van der Waals surface area contributed by atoms with Crippen molar-refractivity contribution in [2.24, 2.45) is 0 Å². The molecule has 0 aliphatic carbocycles. The standard InChI is InChI=1S/C20H26N2O3/c1-15(2)25-13-16-8-7-11-18(12-16)21-19(24)22-20(3,14-23)17-9-5-4-6-10-17/h4-12,15,23H,13-14H2,1-3H3,(H2,21,22,24)/t20-/m0/s1. The van der Waals surface area contributed by atoms with Crippen LogP contribution in [0.2, 0.25) is 0 Å². The van der Waals surface area contributed by atoms with Crippen molar-refractivity contribution in [2.75, 3.05) is 11.9 Å². The molecular formula is C20H26N2O3. The van der Waals surface area contributed by atoms with E-state index in [-0.39, 0.29) is 18.7 Å². The van der Waals surface area contributed by atoms with Crippen molar-refractivity contribution in [3.63, 3.8) is 0 Å². The van der Waals surface area contributed by atoms with E-state index in [9.17, 15) is 9.90 Å². The zero-order chi connectivity index (χ0) is 18.3. The lowest BCUT2D eigenvalue weighted by Crippen LogP contribution is -2.48. The van der Waals surface area contributed by atoms with Crippen LogP contribution < -0.4 is 10.6 Å². The zero-order valence-corrected chi connectivity index (χ0v) is 15.0. The molecule has 1 atom stereocenters. The van der Waals surface area contributed by atoms with Gasteiger partial charge in [-0.3, -0.25) is 0 Å². The molecule has 5 nitrogen and oxygen atoms in total. The summed E-state index contributed by atoms with van der Waals surface area (Å²) in [5.74, 6) is 0. The summed E-state index contributed by atoms with van der Waals surface area (Å²) in [6, 6.07) is 16.5. The Bertz CT molecular complexity index is 688. The lowest BCUT2D eigenvalue weighted by atomic mass is 9.93. The summed E-state index contributed by atoms with van der Waals surface area (Å²) in [6.07, 6.45) is 0.149. The molecule has 2 amide bonds. The molecule has 0 bridgehead atoms. The average molecular weight is 342 g/mol. The van der Waals surface area contributed by atoms with Crippen LogP contribution in [0.1, 0.15) is 31.9 Å². The van der Waals surface area contributed by atoms with Crippen molar-refractivity contribution >= 4 is 11.7 Å². The second-order valence-corrected chi connectivity index (χ2v) is 6.50. The Morgan fingerprint density at radius 1 is 1.16 bits per heavy atom. The van der Waals surface area contributed by atoms with E-state index >= 15 is 0 Å². The van der Waals surface area contributed by atoms with Crippen LogP contribution in [0.3, 0.4) is 0 Å². The third kappa shape index (κ3) is 5.59. The number of ether oxygens (including phenoxy) is 1. The maximum atomic E-state index is 12.4. The predicted octanol–water partition coefficient (Wildman–Crippen LogP) is 3.64. The Labute approximate surface area is 149 Å². The minimum Gasteiger partial charge on any atom is -0.394 e. The van der Waals surface area contributed by atoms with Gasteiger partial charge in [0.05, 0.1) is 24.9 Å². The number of benzene rings is 2. The first-order chi connectivity index (χ1) is 11.9. The maximum Gasteiger partial charge on any atom is 0.320 e. The number of carbonyl (C=O) groups excluding carboxylic acids is 1. The van der Waals surface area contributed by atoms with Gasteiger partial charge in [-0.05, 0) is 44.0 Å². The third-order valence-corrected chi connectivity index (χ3v) is 3.88. The van der Waals surface area contributed by atoms with E-state index in [4.69, 9.17) is 4.74 Å². The molecule has 0 aliphatic heterocycles. The molecule has 0 aromatic heterocycles. The predicted molar refractivity (Wildman–Crippen MR) is 99.4 cm³/mol. The molecule has 5 heteroatoms. The molecule has 3 N–H and O–H groups in total. The number of hydrogen-bond donors (Lipinski definition) is 3. The Balaban J connectivity index is 2.03. The summed E-state index contributed by atoms with van der Waals surface area (Å²) in [6.45, 7) is 6.04. The highest BCUT2D eigenvalue weighted by Crippen LogP contribution is 2.20. The highest BCUT2D eigenvalue weighted by atomic mass is 16.5. The van der Waals surface area contributed by atoms with Crippen molar-refractivity contribution in [3.8, 4) is 0 Å². The third-order valence-electron chi connectivity index (χ3n) is 3.88. The monoisotopic (exact) mass is 342 g/mol. The van der Waals surface area contributed by atoms with Crippen molar-refractivity contribution in [1.82, 2.24) is 5.32 Å². The number of aliphatic hydroxyl groups excluding tert-OH is 1. The van der Waals surface area contributed by atoms with E-state index in [1.807, 2.05) is 68.4 Å². The molecule has 0 radical (unpaired) electrons. The van der Waals surface area contributed by atoms with Crippen LogP contribution in [0.5, 0.6) is 0 Å². The summed E-state index contributed by atoms with van der Waals surface area (Å²) in [5, 5.41) is 15.4. The van der Waals surface area contributed by atoms with Crippen molar-refractivity contribution in [2.45, 2.75) is 39.0 Å². The molecule has 2 rings (SSSR count). The van der Waals surface area contributed by atoms with Crippen molar-refractivity contribution in [3.05, 3.63) is 65.7 Å². The van der Waals surface area contributed by atoms with Crippen molar-refractivity contribution < 1.29 is 14.6 Å². The number of aliphatic hydroxyl groups is 1. The second-order valence-electron chi connectivity index (χ2n) is 6.50. The van der Waals surface area contributed by atoms with Gasteiger partial charge in [0.15, 0.2) is 0 Å². The van der Waals surface area contributed by atoms with Crippen LogP contribution in [-0.4, -0.2) is 23.8 Å². The molecular weight excluding hydrogens is 316 g/mol. The van der Waals surface area contributed by atoms with Gasteiger partial charge in [-0.25, -0.2) is 4.79 Å². The number of urea groups is 1. The average Bonchev–Trinajstić information content (AvgIpc) is 2.61. The van der Waals surface area contributed by atoms with E-state index in [2.05, 4.69) is 10.6 Å². The number of hydrogen-bond acceptors (Lipinski definition) is 3. The minimum absolute atomic E-state index is 0.149. The number of nitrogens with one attached hydrogen (secondary N) is 2.